The fourth-order valence-corrected chi connectivity index (χ4v) is 2.75. The number of fused-ring (bicyclic) bond motifs is 1. The molecule has 0 amide bonds. The number of aryl methyl sites for hydroxylation is 1. The lowest BCUT2D eigenvalue weighted by Crippen LogP contribution is -2.11. The van der Waals surface area contributed by atoms with Gasteiger partial charge in [0.15, 0.2) is 0 Å². The maximum atomic E-state index is 3.37. The van der Waals surface area contributed by atoms with E-state index in [0.29, 0.717) is 0 Å². The Labute approximate surface area is 114 Å². The van der Waals surface area contributed by atoms with E-state index >= 15 is 0 Å². The number of hydrogen-bond acceptors (Lipinski definition) is 2. The lowest BCUT2D eigenvalue weighted by atomic mass is 10.1. The highest BCUT2D eigenvalue weighted by atomic mass is 32.2. The zero-order valence-electron chi connectivity index (χ0n) is 11.3. The minimum absolute atomic E-state index is 0.962. The summed E-state index contributed by atoms with van der Waals surface area (Å²) in [5.41, 5.74) is 2.72. The van der Waals surface area contributed by atoms with Crippen molar-refractivity contribution in [2.45, 2.75) is 26.9 Å². The molecule has 0 radical (unpaired) electrons. The highest BCUT2D eigenvalue weighted by molar-refractivity contribution is 7.99. The van der Waals surface area contributed by atoms with E-state index in [1.165, 1.54) is 28.0 Å². The Hall–Kier alpha value is -0.930. The van der Waals surface area contributed by atoms with Crippen molar-refractivity contribution in [3.05, 3.63) is 36.0 Å². The number of nitrogens with zero attached hydrogens (tertiary/aromatic N) is 1. The quantitative estimate of drug-likeness (QED) is 0.769. The molecule has 0 saturated heterocycles. The average molecular weight is 262 g/mol. The maximum Gasteiger partial charge on any atom is 0.0480 e. The molecule has 1 aromatic carbocycles. The van der Waals surface area contributed by atoms with E-state index in [9.17, 15) is 0 Å². The highest BCUT2D eigenvalue weighted by Crippen LogP contribution is 2.18. The van der Waals surface area contributed by atoms with Crippen molar-refractivity contribution in [1.29, 1.82) is 0 Å². The lowest BCUT2D eigenvalue weighted by molar-refractivity contribution is 0.727. The first kappa shape index (κ1) is 13.5. The van der Waals surface area contributed by atoms with Crippen LogP contribution < -0.4 is 5.32 Å². The van der Waals surface area contributed by atoms with Gasteiger partial charge in [0.1, 0.15) is 0 Å². The fourth-order valence-electron chi connectivity index (χ4n) is 2.13. The molecule has 3 heteroatoms. The number of nitrogens with one attached hydrogen (secondary N) is 1. The summed E-state index contributed by atoms with van der Waals surface area (Å²) >= 11 is 2.00. The third-order valence-electron chi connectivity index (χ3n) is 3.10. The molecule has 1 heterocycles. The van der Waals surface area contributed by atoms with E-state index in [1.54, 1.807) is 0 Å². The predicted octanol–water partition coefficient (Wildman–Crippen LogP) is 3.50. The second-order valence-electron chi connectivity index (χ2n) is 4.38. The normalized spacial score (nSPS) is 11.2. The summed E-state index contributed by atoms with van der Waals surface area (Å²) in [6.07, 6.45) is 2.21. The largest absolute Gasteiger partial charge is 0.347 e. The summed E-state index contributed by atoms with van der Waals surface area (Å²) < 4.78 is 2.36. The van der Waals surface area contributed by atoms with Gasteiger partial charge in [-0.1, -0.05) is 19.9 Å². The molecule has 2 rings (SSSR count). The number of aromatic nitrogens is 1. The van der Waals surface area contributed by atoms with Crippen molar-refractivity contribution >= 4 is 22.7 Å². The Morgan fingerprint density at radius 2 is 2.11 bits per heavy atom. The van der Waals surface area contributed by atoms with Gasteiger partial charge < -0.3 is 9.88 Å². The molecule has 0 spiro atoms. The van der Waals surface area contributed by atoms with E-state index < -0.39 is 0 Å². The van der Waals surface area contributed by atoms with Crippen molar-refractivity contribution in [2.24, 2.45) is 0 Å². The van der Waals surface area contributed by atoms with E-state index in [0.717, 1.165) is 19.6 Å². The number of hydrogen-bond donors (Lipinski definition) is 1. The Bertz CT molecular complexity index is 490. The summed E-state index contributed by atoms with van der Waals surface area (Å²) in [5, 5.41) is 4.72. The predicted molar refractivity (Wildman–Crippen MR) is 82.3 cm³/mol. The van der Waals surface area contributed by atoms with Crippen molar-refractivity contribution in [3.63, 3.8) is 0 Å². The van der Waals surface area contributed by atoms with Crippen LogP contribution >= 0.6 is 11.8 Å². The van der Waals surface area contributed by atoms with Crippen molar-refractivity contribution < 1.29 is 0 Å². The Morgan fingerprint density at radius 3 is 2.89 bits per heavy atom. The van der Waals surface area contributed by atoms with E-state index in [4.69, 9.17) is 0 Å². The van der Waals surface area contributed by atoms with Gasteiger partial charge in [0, 0.05) is 30.6 Å². The van der Waals surface area contributed by atoms with Crippen LogP contribution in [0.4, 0.5) is 0 Å². The van der Waals surface area contributed by atoms with Crippen LogP contribution in [0.5, 0.6) is 0 Å². The summed E-state index contributed by atoms with van der Waals surface area (Å²) in [7, 11) is 0. The molecule has 0 bridgehead atoms. The molecule has 0 aliphatic rings. The monoisotopic (exact) mass is 262 g/mol. The van der Waals surface area contributed by atoms with E-state index in [1.807, 2.05) is 11.8 Å². The zero-order chi connectivity index (χ0) is 12.8. The Kier molecular flexibility index (Phi) is 5.14. The number of rotatable bonds is 7. The summed E-state index contributed by atoms with van der Waals surface area (Å²) in [4.78, 5) is 0. The molecule has 2 nitrogen and oxygen atoms in total. The van der Waals surface area contributed by atoms with Crippen LogP contribution in [-0.4, -0.2) is 22.6 Å². The van der Waals surface area contributed by atoms with Crippen molar-refractivity contribution in [1.82, 2.24) is 9.88 Å². The second-order valence-corrected chi connectivity index (χ2v) is 5.77. The smallest absolute Gasteiger partial charge is 0.0480 e. The summed E-state index contributed by atoms with van der Waals surface area (Å²) in [5.74, 6) is 2.39. The van der Waals surface area contributed by atoms with E-state index in [-0.39, 0.29) is 0 Å². The van der Waals surface area contributed by atoms with Crippen molar-refractivity contribution in [2.75, 3.05) is 18.1 Å². The van der Waals surface area contributed by atoms with Crippen LogP contribution in [-0.2, 0) is 13.1 Å². The fraction of sp³-hybridized carbons (Fsp3) is 0.467. The van der Waals surface area contributed by atoms with Gasteiger partial charge in [-0.3, -0.25) is 0 Å². The highest BCUT2D eigenvalue weighted by Gasteiger charge is 2.02. The van der Waals surface area contributed by atoms with Gasteiger partial charge >= 0.3 is 0 Å². The van der Waals surface area contributed by atoms with Crippen LogP contribution in [0.2, 0.25) is 0 Å². The molecule has 0 saturated carbocycles. The Balaban J connectivity index is 2.10. The molecular formula is C15H22N2S. The molecule has 18 heavy (non-hydrogen) atoms. The molecule has 98 valence electrons. The molecule has 0 aliphatic carbocycles. The molecule has 0 atom stereocenters. The van der Waals surface area contributed by atoms with Gasteiger partial charge in [-0.2, -0.15) is 11.8 Å². The third-order valence-corrected chi connectivity index (χ3v) is 3.97. The minimum Gasteiger partial charge on any atom is -0.347 e. The first-order chi connectivity index (χ1) is 8.85. The molecule has 0 fully saturated rings. The molecule has 1 N–H and O–H groups in total. The van der Waals surface area contributed by atoms with Gasteiger partial charge in [-0.15, -0.1) is 0 Å². The summed E-state index contributed by atoms with van der Waals surface area (Å²) in [6, 6.07) is 9.00. The van der Waals surface area contributed by atoms with Gasteiger partial charge in [0.2, 0.25) is 0 Å². The standard InChI is InChI=1S/C15H22N2S/c1-3-16-12-13-5-6-15-14(11-13)7-8-17(15)9-10-18-4-2/h5-8,11,16H,3-4,9-10,12H2,1-2H3. The number of benzene rings is 1. The van der Waals surface area contributed by atoms with Crippen LogP contribution in [0.15, 0.2) is 30.5 Å². The SMILES string of the molecule is CCNCc1ccc2c(ccn2CCSCC)c1. The average Bonchev–Trinajstić information content (AvgIpc) is 2.79. The van der Waals surface area contributed by atoms with Gasteiger partial charge in [0.05, 0.1) is 0 Å². The topological polar surface area (TPSA) is 17.0 Å². The molecule has 2 aromatic rings. The third kappa shape index (κ3) is 3.30. The van der Waals surface area contributed by atoms with Gasteiger partial charge in [-0.05, 0) is 41.4 Å². The summed E-state index contributed by atoms with van der Waals surface area (Å²) in [6.45, 7) is 7.44. The van der Waals surface area contributed by atoms with Crippen LogP contribution in [0.25, 0.3) is 10.9 Å². The van der Waals surface area contributed by atoms with Gasteiger partial charge in [-0.25, -0.2) is 0 Å². The molecular weight excluding hydrogens is 240 g/mol. The lowest BCUT2D eigenvalue weighted by Gasteiger charge is -2.06. The Morgan fingerprint density at radius 1 is 1.22 bits per heavy atom. The van der Waals surface area contributed by atoms with Crippen molar-refractivity contribution in [3.8, 4) is 0 Å². The maximum absolute atomic E-state index is 3.37. The molecule has 0 aliphatic heterocycles. The molecule has 0 unspecified atom stereocenters. The second kappa shape index (κ2) is 6.86. The first-order valence-corrected chi connectivity index (χ1v) is 7.87. The van der Waals surface area contributed by atoms with Crippen LogP contribution in [0.1, 0.15) is 19.4 Å². The first-order valence-electron chi connectivity index (χ1n) is 6.71. The zero-order valence-corrected chi connectivity index (χ0v) is 12.1. The van der Waals surface area contributed by atoms with E-state index in [2.05, 4.69) is 54.2 Å². The number of thioether (sulfide) groups is 1. The minimum atomic E-state index is 0.962. The van der Waals surface area contributed by atoms with Crippen LogP contribution in [0.3, 0.4) is 0 Å². The van der Waals surface area contributed by atoms with Crippen LogP contribution in [0, 0.1) is 0 Å². The van der Waals surface area contributed by atoms with Gasteiger partial charge in [0.25, 0.3) is 0 Å². The molecule has 1 aromatic heterocycles.